The van der Waals surface area contributed by atoms with Crippen LogP contribution >= 0.6 is 11.8 Å². The maximum Gasteiger partial charge on any atom is 0.327 e. The largest absolute Gasteiger partial charge is 0.480 e. The molecule has 106 valence electrons. The first-order valence-electron chi connectivity index (χ1n) is 5.82. The molecule has 2 rings (SSSR count). The molecule has 1 N–H and O–H groups in total. The number of nitro groups is 1. The molecule has 0 aliphatic carbocycles. The van der Waals surface area contributed by atoms with Crippen molar-refractivity contribution in [1.29, 1.82) is 0 Å². The standard InChI is InChI=1S/C12H12N2O5S/c15-11(13-7-20-6-10(13)12(16)17)5-8-2-1-3-9(4-8)14(18)19/h1-4,10H,5-7H2,(H,16,17)/t10-/m0/s1. The van der Waals surface area contributed by atoms with Crippen LogP contribution in [0.3, 0.4) is 0 Å². The number of carboxylic acids is 1. The molecule has 0 saturated carbocycles. The number of benzene rings is 1. The quantitative estimate of drug-likeness (QED) is 0.660. The van der Waals surface area contributed by atoms with Crippen LogP contribution in [-0.4, -0.2) is 44.5 Å². The summed E-state index contributed by atoms with van der Waals surface area (Å²) in [6.07, 6.45) is -0.0357. The Hall–Kier alpha value is -2.09. The van der Waals surface area contributed by atoms with E-state index in [9.17, 15) is 19.7 Å². The van der Waals surface area contributed by atoms with Gasteiger partial charge in [-0.3, -0.25) is 14.9 Å². The van der Waals surface area contributed by atoms with Crippen molar-refractivity contribution in [3.63, 3.8) is 0 Å². The Morgan fingerprint density at radius 3 is 2.90 bits per heavy atom. The summed E-state index contributed by atoms with van der Waals surface area (Å²) in [4.78, 5) is 34.5. The topological polar surface area (TPSA) is 101 Å². The Bertz CT molecular complexity index is 563. The van der Waals surface area contributed by atoms with E-state index in [1.54, 1.807) is 6.07 Å². The van der Waals surface area contributed by atoms with E-state index >= 15 is 0 Å². The first kappa shape index (κ1) is 14.3. The number of hydrogen-bond acceptors (Lipinski definition) is 5. The molecule has 0 aromatic heterocycles. The Labute approximate surface area is 118 Å². The summed E-state index contributed by atoms with van der Waals surface area (Å²) in [5.74, 6) is -0.647. The first-order chi connectivity index (χ1) is 9.49. The molecule has 8 heteroatoms. The van der Waals surface area contributed by atoms with Gasteiger partial charge in [0.1, 0.15) is 6.04 Å². The van der Waals surface area contributed by atoms with Crippen LogP contribution in [0.1, 0.15) is 5.56 Å². The van der Waals surface area contributed by atoms with Gasteiger partial charge in [0.05, 0.1) is 17.2 Å². The maximum atomic E-state index is 12.1. The van der Waals surface area contributed by atoms with E-state index in [1.165, 1.54) is 34.9 Å². The minimum absolute atomic E-state index is 0.0357. The SMILES string of the molecule is O=C(O)[C@@H]1CSCN1C(=O)Cc1cccc([N+](=O)[O-])c1. The Morgan fingerprint density at radius 1 is 1.50 bits per heavy atom. The number of hydrogen-bond donors (Lipinski definition) is 1. The highest BCUT2D eigenvalue weighted by molar-refractivity contribution is 7.99. The molecule has 1 fully saturated rings. The lowest BCUT2D eigenvalue weighted by Gasteiger charge is -2.20. The van der Waals surface area contributed by atoms with Gasteiger partial charge in [-0.15, -0.1) is 11.8 Å². The van der Waals surface area contributed by atoms with E-state index in [0.29, 0.717) is 17.2 Å². The zero-order chi connectivity index (χ0) is 14.7. The monoisotopic (exact) mass is 296 g/mol. The lowest BCUT2D eigenvalue weighted by atomic mass is 10.1. The van der Waals surface area contributed by atoms with Crippen molar-refractivity contribution in [3.8, 4) is 0 Å². The number of nitro benzene ring substituents is 1. The number of aliphatic carboxylic acids is 1. The van der Waals surface area contributed by atoms with Gasteiger partial charge < -0.3 is 10.0 Å². The van der Waals surface area contributed by atoms with Crippen LogP contribution in [0.4, 0.5) is 5.69 Å². The van der Waals surface area contributed by atoms with Gasteiger partial charge in [0.2, 0.25) is 5.91 Å². The highest BCUT2D eigenvalue weighted by Crippen LogP contribution is 2.22. The molecule has 0 bridgehead atoms. The van der Waals surface area contributed by atoms with Crippen LogP contribution in [-0.2, 0) is 16.0 Å². The van der Waals surface area contributed by atoms with E-state index in [1.807, 2.05) is 0 Å². The average molecular weight is 296 g/mol. The number of carboxylic acid groups (broad SMARTS) is 1. The van der Waals surface area contributed by atoms with Crippen LogP contribution < -0.4 is 0 Å². The summed E-state index contributed by atoms with van der Waals surface area (Å²) in [5, 5.41) is 19.7. The van der Waals surface area contributed by atoms with Crippen molar-refractivity contribution >= 4 is 29.3 Å². The van der Waals surface area contributed by atoms with Gasteiger partial charge in [0, 0.05) is 17.9 Å². The number of amides is 1. The summed E-state index contributed by atoms with van der Waals surface area (Å²) in [6.45, 7) is 0. The second-order valence-corrected chi connectivity index (χ2v) is 5.32. The predicted molar refractivity (Wildman–Crippen MR) is 72.4 cm³/mol. The predicted octanol–water partition coefficient (Wildman–Crippen LogP) is 1.12. The number of thioether (sulfide) groups is 1. The minimum Gasteiger partial charge on any atom is -0.480 e. The second kappa shape index (κ2) is 5.91. The Balaban J connectivity index is 2.09. The summed E-state index contributed by atoms with van der Waals surface area (Å²) in [6, 6.07) is 4.99. The summed E-state index contributed by atoms with van der Waals surface area (Å²) in [5.41, 5.74) is 0.422. The van der Waals surface area contributed by atoms with Crippen LogP contribution in [0.5, 0.6) is 0 Å². The lowest BCUT2D eigenvalue weighted by Crippen LogP contribution is -2.42. The first-order valence-corrected chi connectivity index (χ1v) is 6.98. The highest BCUT2D eigenvalue weighted by atomic mass is 32.2. The van der Waals surface area contributed by atoms with Crippen molar-refractivity contribution in [1.82, 2.24) is 4.90 Å². The summed E-state index contributed by atoms with van der Waals surface area (Å²) in [7, 11) is 0. The maximum absolute atomic E-state index is 12.1. The Kier molecular flexibility index (Phi) is 4.23. The van der Waals surface area contributed by atoms with Gasteiger partial charge in [-0.2, -0.15) is 0 Å². The van der Waals surface area contributed by atoms with Crippen LogP contribution in [0.25, 0.3) is 0 Å². The number of non-ortho nitro benzene ring substituents is 1. The zero-order valence-electron chi connectivity index (χ0n) is 10.4. The number of rotatable bonds is 4. The zero-order valence-corrected chi connectivity index (χ0v) is 11.2. The molecule has 0 unspecified atom stereocenters. The molecule has 0 radical (unpaired) electrons. The van der Waals surface area contributed by atoms with Crippen LogP contribution in [0.2, 0.25) is 0 Å². The second-order valence-electron chi connectivity index (χ2n) is 4.32. The van der Waals surface area contributed by atoms with Crippen molar-refractivity contribution in [2.75, 3.05) is 11.6 Å². The molecule has 1 aromatic rings. The van der Waals surface area contributed by atoms with E-state index in [-0.39, 0.29) is 18.0 Å². The molecule has 1 atom stereocenters. The normalized spacial score (nSPS) is 18.0. The molecule has 7 nitrogen and oxygen atoms in total. The Morgan fingerprint density at radius 2 is 2.25 bits per heavy atom. The van der Waals surface area contributed by atoms with Crippen molar-refractivity contribution in [2.24, 2.45) is 0 Å². The molecule has 0 spiro atoms. The van der Waals surface area contributed by atoms with Crippen molar-refractivity contribution in [3.05, 3.63) is 39.9 Å². The van der Waals surface area contributed by atoms with E-state index < -0.39 is 16.9 Å². The summed E-state index contributed by atoms with van der Waals surface area (Å²) < 4.78 is 0. The van der Waals surface area contributed by atoms with Gasteiger partial charge in [-0.1, -0.05) is 12.1 Å². The van der Waals surface area contributed by atoms with E-state index in [0.717, 1.165) is 0 Å². The molecule has 1 aliphatic rings. The highest BCUT2D eigenvalue weighted by Gasteiger charge is 2.34. The average Bonchev–Trinajstić information content (AvgIpc) is 2.88. The fourth-order valence-electron chi connectivity index (χ4n) is 1.95. The molecule has 1 aromatic carbocycles. The number of carbonyl (C=O) groups is 2. The third-order valence-electron chi connectivity index (χ3n) is 2.96. The summed E-state index contributed by atoms with van der Waals surface area (Å²) >= 11 is 1.38. The molecular formula is C12H12N2O5S. The van der Waals surface area contributed by atoms with Gasteiger partial charge in [-0.25, -0.2) is 4.79 Å². The van der Waals surface area contributed by atoms with Gasteiger partial charge >= 0.3 is 5.97 Å². The molecule has 1 amide bonds. The molecule has 20 heavy (non-hydrogen) atoms. The van der Waals surface area contributed by atoms with Crippen LogP contribution in [0, 0.1) is 10.1 Å². The van der Waals surface area contributed by atoms with Crippen molar-refractivity contribution < 1.29 is 19.6 Å². The number of nitrogens with zero attached hydrogens (tertiary/aromatic N) is 2. The van der Waals surface area contributed by atoms with Gasteiger partial charge in [-0.05, 0) is 5.56 Å². The molecule has 1 heterocycles. The van der Waals surface area contributed by atoms with Gasteiger partial charge in [0.15, 0.2) is 0 Å². The van der Waals surface area contributed by atoms with Crippen molar-refractivity contribution in [2.45, 2.75) is 12.5 Å². The number of carbonyl (C=O) groups excluding carboxylic acids is 1. The lowest BCUT2D eigenvalue weighted by molar-refractivity contribution is -0.384. The molecule has 1 aliphatic heterocycles. The molecule has 1 saturated heterocycles. The van der Waals surface area contributed by atoms with E-state index in [2.05, 4.69) is 0 Å². The smallest absolute Gasteiger partial charge is 0.327 e. The molecular weight excluding hydrogens is 284 g/mol. The van der Waals surface area contributed by atoms with Gasteiger partial charge in [0.25, 0.3) is 5.69 Å². The third-order valence-corrected chi connectivity index (χ3v) is 3.98. The fourth-order valence-corrected chi connectivity index (χ4v) is 3.12. The fraction of sp³-hybridized carbons (Fsp3) is 0.333. The van der Waals surface area contributed by atoms with Crippen LogP contribution in [0.15, 0.2) is 24.3 Å². The minimum atomic E-state index is -1.03. The van der Waals surface area contributed by atoms with E-state index in [4.69, 9.17) is 5.11 Å². The third kappa shape index (κ3) is 3.08.